The molecule has 2 aromatic carbocycles. The summed E-state index contributed by atoms with van der Waals surface area (Å²) in [5.41, 5.74) is 0.970. The molecule has 0 aliphatic rings. The fourth-order valence-electron chi connectivity index (χ4n) is 2.45. The van der Waals surface area contributed by atoms with Gasteiger partial charge in [0.1, 0.15) is 5.82 Å². The number of thioether (sulfide) groups is 1. The van der Waals surface area contributed by atoms with Gasteiger partial charge in [-0.3, -0.25) is 9.59 Å². The summed E-state index contributed by atoms with van der Waals surface area (Å²) < 4.78 is 19.4. The zero-order valence-electron chi connectivity index (χ0n) is 16.0. The Morgan fingerprint density at radius 1 is 1.14 bits per heavy atom. The van der Waals surface area contributed by atoms with E-state index in [1.807, 2.05) is 0 Å². The van der Waals surface area contributed by atoms with Gasteiger partial charge in [-0.2, -0.15) is 0 Å². The Balaban J connectivity index is 1.51. The standard InChI is InChI=1S/C21H20FN3O3S/c1-25(2)21(27)29-15-9-7-14(8-10-15)24-19(26)11-12-20-23-13-18(28-20)16-5-3-4-6-17(16)22/h3-10,13H,11-12H2,1-2H3,(H,24,26). The van der Waals surface area contributed by atoms with Crippen LogP contribution in [0.25, 0.3) is 11.3 Å². The summed E-state index contributed by atoms with van der Waals surface area (Å²) in [6, 6.07) is 13.3. The zero-order valence-corrected chi connectivity index (χ0v) is 16.8. The van der Waals surface area contributed by atoms with Gasteiger partial charge in [0.05, 0.1) is 11.8 Å². The molecule has 0 aliphatic carbocycles. The van der Waals surface area contributed by atoms with Gasteiger partial charge >= 0.3 is 0 Å². The molecule has 0 fully saturated rings. The van der Waals surface area contributed by atoms with E-state index in [4.69, 9.17) is 4.42 Å². The Morgan fingerprint density at radius 2 is 1.86 bits per heavy atom. The number of aryl methyl sites for hydroxylation is 1. The molecule has 1 heterocycles. The van der Waals surface area contributed by atoms with Crippen molar-refractivity contribution in [2.45, 2.75) is 17.7 Å². The maximum Gasteiger partial charge on any atom is 0.285 e. The van der Waals surface area contributed by atoms with Gasteiger partial charge in [-0.1, -0.05) is 12.1 Å². The smallest absolute Gasteiger partial charge is 0.285 e. The summed E-state index contributed by atoms with van der Waals surface area (Å²) in [6.07, 6.45) is 1.93. The normalized spacial score (nSPS) is 10.6. The molecule has 150 valence electrons. The zero-order chi connectivity index (χ0) is 20.8. The maximum atomic E-state index is 13.8. The Bertz CT molecular complexity index is 1000. The molecule has 1 aromatic heterocycles. The van der Waals surface area contributed by atoms with Crippen LogP contribution in [0.2, 0.25) is 0 Å². The summed E-state index contributed by atoms with van der Waals surface area (Å²) in [5, 5.41) is 2.72. The first-order chi connectivity index (χ1) is 13.9. The minimum Gasteiger partial charge on any atom is -0.441 e. The summed E-state index contributed by atoms with van der Waals surface area (Å²) in [5.74, 6) is 0.119. The number of anilines is 1. The second-order valence-corrected chi connectivity index (χ2v) is 7.46. The van der Waals surface area contributed by atoms with Gasteiger partial charge in [0.25, 0.3) is 5.24 Å². The van der Waals surface area contributed by atoms with Crippen LogP contribution in [0.15, 0.2) is 64.0 Å². The van der Waals surface area contributed by atoms with Crippen molar-refractivity contribution >= 4 is 28.6 Å². The Morgan fingerprint density at radius 3 is 2.55 bits per heavy atom. The van der Waals surface area contributed by atoms with Crippen molar-refractivity contribution in [1.82, 2.24) is 9.88 Å². The van der Waals surface area contributed by atoms with Crippen molar-refractivity contribution in [2.24, 2.45) is 0 Å². The van der Waals surface area contributed by atoms with Gasteiger partial charge in [-0.25, -0.2) is 9.37 Å². The molecule has 6 nitrogen and oxygen atoms in total. The van der Waals surface area contributed by atoms with Crippen molar-refractivity contribution in [2.75, 3.05) is 19.4 Å². The van der Waals surface area contributed by atoms with Gasteiger partial charge in [0, 0.05) is 37.5 Å². The molecular weight excluding hydrogens is 393 g/mol. The average molecular weight is 413 g/mol. The van der Waals surface area contributed by atoms with Crippen molar-refractivity contribution in [1.29, 1.82) is 0 Å². The third-order valence-electron chi connectivity index (χ3n) is 3.97. The molecule has 0 aliphatic heterocycles. The van der Waals surface area contributed by atoms with Gasteiger partial charge in [-0.05, 0) is 48.2 Å². The third kappa shape index (κ3) is 5.68. The fraction of sp³-hybridized carbons (Fsp3) is 0.190. The van der Waals surface area contributed by atoms with Crippen LogP contribution in [-0.2, 0) is 11.2 Å². The summed E-state index contributed by atoms with van der Waals surface area (Å²) in [4.78, 5) is 30.3. The van der Waals surface area contributed by atoms with E-state index in [0.29, 0.717) is 29.3 Å². The van der Waals surface area contributed by atoms with E-state index in [9.17, 15) is 14.0 Å². The van der Waals surface area contributed by atoms with E-state index in [1.165, 1.54) is 17.2 Å². The minimum absolute atomic E-state index is 0.0671. The van der Waals surface area contributed by atoms with Crippen LogP contribution >= 0.6 is 11.8 Å². The highest BCUT2D eigenvalue weighted by molar-refractivity contribution is 8.13. The van der Waals surface area contributed by atoms with E-state index < -0.39 is 0 Å². The fourth-order valence-corrected chi connectivity index (χ4v) is 3.11. The number of carbonyl (C=O) groups is 2. The van der Waals surface area contributed by atoms with Crippen molar-refractivity contribution in [3.63, 3.8) is 0 Å². The number of benzene rings is 2. The lowest BCUT2D eigenvalue weighted by molar-refractivity contribution is -0.116. The molecule has 29 heavy (non-hydrogen) atoms. The second kappa shape index (κ2) is 9.38. The molecule has 3 aromatic rings. The Labute approximate surface area is 172 Å². The van der Waals surface area contributed by atoms with E-state index in [0.717, 1.165) is 16.7 Å². The molecule has 1 N–H and O–H groups in total. The molecular formula is C21H20FN3O3S. The van der Waals surface area contributed by atoms with Gasteiger partial charge in [0.15, 0.2) is 11.7 Å². The molecule has 3 rings (SSSR count). The Hall–Kier alpha value is -3.13. The van der Waals surface area contributed by atoms with Crippen LogP contribution < -0.4 is 5.32 Å². The lowest BCUT2D eigenvalue weighted by Gasteiger charge is -2.09. The summed E-state index contributed by atoms with van der Waals surface area (Å²) >= 11 is 1.12. The largest absolute Gasteiger partial charge is 0.441 e. The third-order valence-corrected chi connectivity index (χ3v) is 5.01. The molecule has 0 bridgehead atoms. The first kappa shape index (κ1) is 20.6. The molecule has 0 spiro atoms. The molecule has 0 saturated heterocycles. The van der Waals surface area contributed by atoms with Crippen LogP contribution in [0.5, 0.6) is 0 Å². The monoisotopic (exact) mass is 413 g/mol. The summed E-state index contributed by atoms with van der Waals surface area (Å²) in [6.45, 7) is 0. The van der Waals surface area contributed by atoms with E-state index in [1.54, 1.807) is 56.6 Å². The van der Waals surface area contributed by atoms with Crippen LogP contribution in [-0.4, -0.2) is 35.1 Å². The van der Waals surface area contributed by atoms with E-state index in [2.05, 4.69) is 10.3 Å². The number of halogens is 1. The Kier molecular flexibility index (Phi) is 6.66. The van der Waals surface area contributed by atoms with Crippen LogP contribution in [0.1, 0.15) is 12.3 Å². The SMILES string of the molecule is CN(C)C(=O)Sc1ccc(NC(=O)CCc2ncc(-c3ccccc3F)o2)cc1. The highest BCUT2D eigenvalue weighted by Crippen LogP contribution is 2.24. The highest BCUT2D eigenvalue weighted by Gasteiger charge is 2.12. The summed E-state index contributed by atoms with van der Waals surface area (Å²) in [7, 11) is 3.38. The highest BCUT2D eigenvalue weighted by atomic mass is 32.2. The number of nitrogens with zero attached hydrogens (tertiary/aromatic N) is 2. The van der Waals surface area contributed by atoms with Gasteiger partial charge in [0.2, 0.25) is 5.91 Å². The molecule has 0 saturated carbocycles. The second-order valence-electron chi connectivity index (χ2n) is 6.43. The first-order valence-corrected chi connectivity index (χ1v) is 9.72. The molecule has 0 radical (unpaired) electrons. The van der Waals surface area contributed by atoms with Crippen molar-refractivity contribution in [3.05, 3.63) is 66.4 Å². The molecule has 2 amide bonds. The molecule has 8 heteroatoms. The number of rotatable bonds is 6. The number of nitrogens with one attached hydrogen (secondary N) is 1. The minimum atomic E-state index is -0.387. The predicted octanol–water partition coefficient (Wildman–Crippen LogP) is 4.83. The van der Waals surface area contributed by atoms with Gasteiger partial charge < -0.3 is 14.6 Å². The number of oxazole rings is 1. The quantitative estimate of drug-likeness (QED) is 0.586. The number of aromatic nitrogens is 1. The van der Waals surface area contributed by atoms with Crippen molar-refractivity contribution < 1.29 is 18.4 Å². The lowest BCUT2D eigenvalue weighted by Crippen LogP contribution is -2.16. The predicted molar refractivity (Wildman–Crippen MR) is 110 cm³/mol. The lowest BCUT2D eigenvalue weighted by atomic mass is 10.2. The number of carbonyl (C=O) groups excluding carboxylic acids is 2. The van der Waals surface area contributed by atoms with Crippen LogP contribution in [0, 0.1) is 5.82 Å². The van der Waals surface area contributed by atoms with Crippen LogP contribution in [0.3, 0.4) is 0 Å². The van der Waals surface area contributed by atoms with E-state index in [-0.39, 0.29) is 23.4 Å². The average Bonchev–Trinajstić information content (AvgIpc) is 3.17. The number of amides is 2. The van der Waals surface area contributed by atoms with Crippen molar-refractivity contribution in [3.8, 4) is 11.3 Å². The number of hydrogen-bond acceptors (Lipinski definition) is 5. The topological polar surface area (TPSA) is 75.4 Å². The van der Waals surface area contributed by atoms with E-state index >= 15 is 0 Å². The maximum absolute atomic E-state index is 13.8. The van der Waals surface area contributed by atoms with Gasteiger partial charge in [-0.15, -0.1) is 0 Å². The van der Waals surface area contributed by atoms with Crippen LogP contribution in [0.4, 0.5) is 14.9 Å². The molecule has 0 unspecified atom stereocenters. The number of hydrogen-bond donors (Lipinski definition) is 1. The molecule has 0 atom stereocenters. The first-order valence-electron chi connectivity index (χ1n) is 8.91.